The number of nitrogens with zero attached hydrogens (tertiary/aromatic N) is 2. The van der Waals surface area contributed by atoms with Gasteiger partial charge >= 0.3 is 5.97 Å². The summed E-state index contributed by atoms with van der Waals surface area (Å²) in [5, 5.41) is 22.8. The van der Waals surface area contributed by atoms with Gasteiger partial charge < -0.3 is 14.8 Å². The van der Waals surface area contributed by atoms with Crippen molar-refractivity contribution in [2.75, 3.05) is 6.54 Å². The van der Waals surface area contributed by atoms with Gasteiger partial charge in [-0.25, -0.2) is 0 Å². The van der Waals surface area contributed by atoms with Crippen molar-refractivity contribution in [3.8, 4) is 11.5 Å². The molecule has 0 saturated carbocycles. The monoisotopic (exact) mass is 309 g/mol. The van der Waals surface area contributed by atoms with Gasteiger partial charge in [0, 0.05) is 36.8 Å². The zero-order valence-corrected chi connectivity index (χ0v) is 12.1. The molecule has 0 fully saturated rings. The van der Waals surface area contributed by atoms with Gasteiger partial charge in [-0.1, -0.05) is 0 Å². The first kappa shape index (κ1) is 15.2. The molecule has 0 aliphatic heterocycles. The number of carbonyl (C=O) groups is 2. The average molecular weight is 309 g/mol. The summed E-state index contributed by atoms with van der Waals surface area (Å²) in [6.07, 6.45) is 1.07. The number of thiophene rings is 1. The van der Waals surface area contributed by atoms with E-state index in [-0.39, 0.29) is 18.7 Å². The Labute approximate surface area is 125 Å². The molecule has 0 aliphatic carbocycles. The summed E-state index contributed by atoms with van der Waals surface area (Å²) < 4.78 is 5.46. The van der Waals surface area contributed by atoms with Crippen LogP contribution < -0.4 is 5.32 Å². The topological polar surface area (TPSA) is 105 Å². The van der Waals surface area contributed by atoms with Crippen LogP contribution >= 0.6 is 11.3 Å². The largest absolute Gasteiger partial charge is 0.481 e. The van der Waals surface area contributed by atoms with Crippen LogP contribution in [-0.4, -0.2) is 33.7 Å². The number of rotatable bonds is 8. The molecule has 0 radical (unpaired) electrons. The molecule has 2 rings (SSSR count). The smallest absolute Gasteiger partial charge is 0.303 e. The van der Waals surface area contributed by atoms with E-state index in [4.69, 9.17) is 9.52 Å². The van der Waals surface area contributed by atoms with Crippen LogP contribution in [0.2, 0.25) is 0 Å². The van der Waals surface area contributed by atoms with E-state index in [2.05, 4.69) is 15.5 Å². The number of carboxylic acid groups (broad SMARTS) is 1. The number of aromatic nitrogens is 2. The van der Waals surface area contributed by atoms with E-state index >= 15 is 0 Å². The molecule has 0 spiro atoms. The number of nitrogens with one attached hydrogen (secondary N) is 1. The highest BCUT2D eigenvalue weighted by Gasteiger charge is 2.10. The second kappa shape index (κ2) is 7.53. The van der Waals surface area contributed by atoms with E-state index in [1.165, 1.54) is 0 Å². The quantitative estimate of drug-likeness (QED) is 0.719. The molecule has 112 valence electrons. The summed E-state index contributed by atoms with van der Waals surface area (Å²) in [5.41, 5.74) is 0.872. The van der Waals surface area contributed by atoms with Crippen LogP contribution in [-0.2, 0) is 16.0 Å². The van der Waals surface area contributed by atoms with E-state index in [0.29, 0.717) is 31.2 Å². The van der Waals surface area contributed by atoms with Crippen molar-refractivity contribution in [1.82, 2.24) is 15.5 Å². The lowest BCUT2D eigenvalue weighted by molar-refractivity contribution is -0.137. The lowest BCUT2D eigenvalue weighted by Crippen LogP contribution is -2.25. The summed E-state index contributed by atoms with van der Waals surface area (Å²) >= 11 is 1.54. The number of aryl methyl sites for hydroxylation is 1. The molecule has 0 aliphatic rings. The molecule has 7 nitrogen and oxygen atoms in total. The third kappa shape index (κ3) is 4.99. The second-order valence-corrected chi connectivity index (χ2v) is 5.14. The Kier molecular flexibility index (Phi) is 5.44. The van der Waals surface area contributed by atoms with Crippen LogP contribution in [0.5, 0.6) is 0 Å². The summed E-state index contributed by atoms with van der Waals surface area (Å²) in [5.74, 6) is -0.156. The lowest BCUT2D eigenvalue weighted by Gasteiger charge is -2.02. The van der Waals surface area contributed by atoms with Gasteiger partial charge in [0.25, 0.3) is 0 Å². The van der Waals surface area contributed by atoms with E-state index in [1.807, 2.05) is 16.8 Å². The molecule has 21 heavy (non-hydrogen) atoms. The number of hydrogen-bond donors (Lipinski definition) is 2. The van der Waals surface area contributed by atoms with Crippen LogP contribution in [0.4, 0.5) is 0 Å². The third-order valence-electron chi connectivity index (χ3n) is 2.69. The molecule has 0 bridgehead atoms. The average Bonchev–Trinajstić information content (AvgIpc) is 3.11. The molecular formula is C13H15N3O4S. The fraction of sp³-hybridized carbons (Fsp3) is 0.385. The van der Waals surface area contributed by atoms with Gasteiger partial charge in [0.05, 0.1) is 0 Å². The highest BCUT2D eigenvalue weighted by Crippen LogP contribution is 2.20. The molecule has 1 amide bonds. The Morgan fingerprint density at radius 3 is 2.90 bits per heavy atom. The minimum atomic E-state index is -0.865. The van der Waals surface area contributed by atoms with Gasteiger partial charge in [0.1, 0.15) is 0 Å². The van der Waals surface area contributed by atoms with Crippen molar-refractivity contribution in [3.63, 3.8) is 0 Å². The maximum Gasteiger partial charge on any atom is 0.303 e. The van der Waals surface area contributed by atoms with E-state index in [1.54, 1.807) is 11.3 Å². The van der Waals surface area contributed by atoms with Gasteiger partial charge in [-0.05, 0) is 17.9 Å². The summed E-state index contributed by atoms with van der Waals surface area (Å²) in [4.78, 5) is 21.9. The van der Waals surface area contributed by atoms with Gasteiger partial charge in [0.2, 0.25) is 17.7 Å². The second-order valence-electron chi connectivity index (χ2n) is 4.36. The molecule has 2 aromatic rings. The first-order chi connectivity index (χ1) is 10.1. The fourth-order valence-electron chi connectivity index (χ4n) is 1.63. The SMILES string of the molecule is O=C(O)CCCNC(=O)CCc1nnc(-c2ccsc2)o1. The van der Waals surface area contributed by atoms with Crippen molar-refractivity contribution in [1.29, 1.82) is 0 Å². The van der Waals surface area contributed by atoms with Gasteiger partial charge in [-0.3, -0.25) is 9.59 Å². The number of carboxylic acids is 1. The van der Waals surface area contributed by atoms with Crippen molar-refractivity contribution >= 4 is 23.2 Å². The van der Waals surface area contributed by atoms with Crippen molar-refractivity contribution in [3.05, 3.63) is 22.7 Å². The maximum atomic E-state index is 11.5. The minimum Gasteiger partial charge on any atom is -0.481 e. The van der Waals surface area contributed by atoms with Crippen molar-refractivity contribution in [2.45, 2.75) is 25.7 Å². The number of carbonyl (C=O) groups excluding carboxylic acids is 1. The van der Waals surface area contributed by atoms with Crippen molar-refractivity contribution in [2.24, 2.45) is 0 Å². The Bertz CT molecular complexity index is 594. The predicted octanol–water partition coefficient (Wildman–Crippen LogP) is 1.71. The van der Waals surface area contributed by atoms with E-state index in [9.17, 15) is 9.59 Å². The standard InChI is InChI=1S/C13H15N3O4S/c17-10(14-6-1-2-12(18)19)3-4-11-15-16-13(20-11)9-5-7-21-8-9/h5,7-8H,1-4,6H2,(H,14,17)(H,18,19). The first-order valence-corrected chi connectivity index (χ1v) is 7.43. The molecule has 2 N–H and O–H groups in total. The molecule has 0 saturated heterocycles. The Hall–Kier alpha value is -2.22. The number of aliphatic carboxylic acids is 1. The molecule has 0 unspecified atom stereocenters. The van der Waals surface area contributed by atoms with Crippen LogP contribution in [0.25, 0.3) is 11.5 Å². The van der Waals surface area contributed by atoms with Crippen LogP contribution in [0, 0.1) is 0 Å². The zero-order chi connectivity index (χ0) is 15.1. The third-order valence-corrected chi connectivity index (χ3v) is 3.37. The fourth-order valence-corrected chi connectivity index (χ4v) is 2.26. The number of amides is 1. The van der Waals surface area contributed by atoms with Crippen LogP contribution in [0.3, 0.4) is 0 Å². The normalized spacial score (nSPS) is 10.5. The molecule has 2 aromatic heterocycles. The van der Waals surface area contributed by atoms with Crippen molar-refractivity contribution < 1.29 is 19.1 Å². The number of hydrogen-bond acceptors (Lipinski definition) is 6. The van der Waals surface area contributed by atoms with Crippen LogP contribution in [0.15, 0.2) is 21.2 Å². The molecular weight excluding hydrogens is 294 g/mol. The Balaban J connectivity index is 1.71. The summed E-state index contributed by atoms with van der Waals surface area (Å²) in [6, 6.07) is 1.89. The molecule has 2 heterocycles. The summed E-state index contributed by atoms with van der Waals surface area (Å²) in [6.45, 7) is 0.356. The Morgan fingerprint density at radius 2 is 2.19 bits per heavy atom. The van der Waals surface area contributed by atoms with E-state index in [0.717, 1.165) is 5.56 Å². The highest BCUT2D eigenvalue weighted by atomic mass is 32.1. The van der Waals surface area contributed by atoms with Crippen LogP contribution in [0.1, 0.15) is 25.2 Å². The molecule has 8 heteroatoms. The summed E-state index contributed by atoms with van der Waals surface area (Å²) in [7, 11) is 0. The Morgan fingerprint density at radius 1 is 1.33 bits per heavy atom. The molecule has 0 atom stereocenters. The van der Waals surface area contributed by atoms with Gasteiger partial charge in [-0.15, -0.1) is 10.2 Å². The maximum absolute atomic E-state index is 11.5. The van der Waals surface area contributed by atoms with Gasteiger partial charge in [-0.2, -0.15) is 11.3 Å². The highest BCUT2D eigenvalue weighted by molar-refractivity contribution is 7.08. The lowest BCUT2D eigenvalue weighted by atomic mass is 10.2. The van der Waals surface area contributed by atoms with E-state index < -0.39 is 5.97 Å². The predicted molar refractivity (Wildman–Crippen MR) is 75.8 cm³/mol. The van der Waals surface area contributed by atoms with Gasteiger partial charge in [0.15, 0.2) is 0 Å². The zero-order valence-electron chi connectivity index (χ0n) is 11.2. The first-order valence-electron chi connectivity index (χ1n) is 6.48. The minimum absolute atomic E-state index is 0.0495. The molecule has 0 aromatic carbocycles.